The Labute approximate surface area is 79.4 Å². The van der Waals surface area contributed by atoms with Gasteiger partial charge in [-0.2, -0.15) is 0 Å². The van der Waals surface area contributed by atoms with Crippen molar-refractivity contribution in [2.75, 3.05) is 12.8 Å². The highest BCUT2D eigenvalue weighted by Crippen LogP contribution is 2.41. The molecule has 0 aliphatic rings. The molecule has 0 bridgehead atoms. The molecule has 0 radical (unpaired) electrons. The summed E-state index contributed by atoms with van der Waals surface area (Å²) < 4.78 is 0. The molecule has 0 saturated carbocycles. The average molecular weight is 272 g/mol. The predicted molar refractivity (Wildman–Crippen MR) is 60.5 cm³/mol. The van der Waals surface area contributed by atoms with Gasteiger partial charge in [0, 0.05) is 0 Å². The summed E-state index contributed by atoms with van der Waals surface area (Å²) in [6, 6.07) is 0. The van der Waals surface area contributed by atoms with Crippen LogP contribution in [0.15, 0.2) is 0 Å². The molecule has 0 heterocycles. The van der Waals surface area contributed by atoms with E-state index in [9.17, 15) is 0 Å². The van der Waals surface area contributed by atoms with Gasteiger partial charge in [0.1, 0.15) is 0 Å². The zero-order valence-corrected chi connectivity index (χ0v) is 10.1. The molecule has 10 heavy (non-hydrogen) atoms. The Hall–Kier alpha value is 1.16. The summed E-state index contributed by atoms with van der Waals surface area (Å²) in [7, 11) is 0. The Bertz CT molecular complexity index is 64.3. The molecule has 0 aromatic rings. The van der Waals surface area contributed by atoms with E-state index in [0.717, 1.165) is 0 Å². The first-order valence-corrected chi connectivity index (χ1v) is 8.90. The molecule has 0 nitrogen and oxygen atoms in total. The smallest absolute Gasteiger partial charge is 0.0238 e. The van der Waals surface area contributed by atoms with E-state index in [0.29, 0.717) is 5.56 Å². The van der Waals surface area contributed by atoms with E-state index in [-0.39, 0.29) is 0 Å². The van der Waals surface area contributed by atoms with E-state index < -0.39 is 0 Å². The Morgan fingerprint density at radius 3 is 2.20 bits per heavy atom. The molecule has 0 spiro atoms. The van der Waals surface area contributed by atoms with Crippen LogP contribution in [-0.2, 0) is 0 Å². The predicted octanol–water partition coefficient (Wildman–Crippen LogP) is 4.42. The van der Waals surface area contributed by atoms with E-state index in [4.69, 9.17) is 0 Å². The molecule has 0 N–H and O–H groups in total. The molecule has 62 valence electrons. The van der Waals surface area contributed by atoms with E-state index >= 15 is 0 Å². The first-order chi connectivity index (χ1) is 4.77. The quantitative estimate of drug-likeness (QED) is 0.381. The number of rotatable bonds is 6. The fraction of sp³-hybridized carbons (Fsp3) is 1.00. The first-order valence-electron chi connectivity index (χ1n) is 4.14. The van der Waals surface area contributed by atoms with Crippen LogP contribution in [0.4, 0.5) is 0 Å². The number of unbranched alkanes of at least 4 members (excludes halogenated alkanes) is 4. The Kier molecular flexibility index (Phi) is 9.22. The van der Waals surface area contributed by atoms with Crippen molar-refractivity contribution in [3.63, 3.8) is 0 Å². The van der Waals surface area contributed by atoms with Gasteiger partial charge in [-0.1, -0.05) is 54.6 Å². The summed E-state index contributed by atoms with van der Waals surface area (Å²) in [5.41, 5.74) is 0.349. The maximum absolute atomic E-state index is 2.57. The van der Waals surface area contributed by atoms with Crippen molar-refractivity contribution in [2.45, 2.75) is 39.0 Å². The largest absolute Gasteiger partial charge is 0.0654 e. The third kappa shape index (κ3) is 9.16. The number of hydrogen-bond acceptors (Lipinski definition) is 0. The van der Waals surface area contributed by atoms with Crippen LogP contribution in [0.25, 0.3) is 0 Å². The van der Waals surface area contributed by atoms with Gasteiger partial charge in [-0.05, 0) is 24.8 Å². The van der Waals surface area contributed by atoms with Gasteiger partial charge >= 0.3 is 0 Å². The van der Waals surface area contributed by atoms with Gasteiger partial charge in [-0.3, -0.25) is 0 Å². The summed E-state index contributed by atoms with van der Waals surface area (Å²) in [5, 5.41) is 0. The van der Waals surface area contributed by atoms with Gasteiger partial charge in [-0.25, -0.2) is 0 Å². The van der Waals surface area contributed by atoms with Crippen LogP contribution in [-0.4, -0.2) is 12.8 Å². The molecule has 0 saturated heterocycles. The van der Waals surface area contributed by atoms with Crippen LogP contribution in [0.1, 0.15) is 39.0 Å². The molecule has 0 fully saturated rings. The van der Waals surface area contributed by atoms with Crippen LogP contribution in [0, 0.1) is 0 Å². The lowest BCUT2D eigenvalue weighted by Gasteiger charge is -2.01. The highest BCUT2D eigenvalue weighted by Gasteiger charge is 1.93. The van der Waals surface area contributed by atoms with Gasteiger partial charge in [0.25, 0.3) is 0 Å². The fourth-order valence-electron chi connectivity index (χ4n) is 0.933. The summed E-state index contributed by atoms with van der Waals surface area (Å²) >= 11 is 2.57. The van der Waals surface area contributed by atoms with E-state index in [2.05, 4.69) is 35.6 Å². The maximum Gasteiger partial charge on any atom is -0.0238 e. The molecule has 0 aromatic carbocycles. The second-order valence-electron chi connectivity index (χ2n) is 2.74. The van der Waals surface area contributed by atoms with E-state index in [1.54, 1.807) is 0 Å². The van der Waals surface area contributed by atoms with Gasteiger partial charge in [0.2, 0.25) is 0 Å². The van der Waals surface area contributed by atoms with Crippen molar-refractivity contribution in [1.29, 1.82) is 0 Å². The highest BCUT2D eigenvalue weighted by molar-refractivity contribution is 14.2. The minimum absolute atomic E-state index is 0.349. The molecule has 0 rings (SSSR count). The lowest BCUT2D eigenvalue weighted by Crippen LogP contribution is -1.80. The van der Waals surface area contributed by atoms with Crippen LogP contribution in [0.3, 0.4) is 0 Å². The summed E-state index contributed by atoms with van der Waals surface area (Å²) in [6.45, 7) is 4.63. The molecule has 0 amide bonds. The van der Waals surface area contributed by atoms with E-state index in [1.165, 1.54) is 38.3 Å². The van der Waals surface area contributed by atoms with Crippen molar-refractivity contribution in [2.24, 2.45) is 0 Å². The Balaban J connectivity index is 2.77. The van der Waals surface area contributed by atoms with Crippen molar-refractivity contribution in [1.82, 2.24) is 0 Å². The summed E-state index contributed by atoms with van der Waals surface area (Å²) in [5.74, 6) is 0. The summed E-state index contributed by atoms with van der Waals surface area (Å²) in [4.78, 5) is 0. The lowest BCUT2D eigenvalue weighted by atomic mass is 10.2. The normalized spacial score (nSPS) is 13.5. The molecule has 0 aliphatic carbocycles. The van der Waals surface area contributed by atoms with Gasteiger partial charge in [0.15, 0.2) is 0 Å². The Morgan fingerprint density at radius 1 is 1.10 bits per heavy atom. The second-order valence-corrected chi connectivity index (χ2v) is 9.34. The first kappa shape index (κ1) is 11.2. The monoisotopic (exact) mass is 272 g/mol. The standard InChI is InChI=1S/C8H18IP/c1-3-4-5-6-7-8-10(2)9/h3-8H2,1-2H3. The van der Waals surface area contributed by atoms with Crippen molar-refractivity contribution in [3.8, 4) is 0 Å². The van der Waals surface area contributed by atoms with Crippen molar-refractivity contribution >= 4 is 27.6 Å². The highest BCUT2D eigenvalue weighted by atomic mass is 127. The molecule has 1 atom stereocenters. The zero-order valence-electron chi connectivity index (χ0n) is 7.07. The van der Waals surface area contributed by atoms with Gasteiger partial charge in [0.05, 0.1) is 0 Å². The number of hydrogen-bond donors (Lipinski definition) is 0. The number of halogens is 1. The zero-order chi connectivity index (χ0) is 7.82. The molecular weight excluding hydrogens is 254 g/mol. The molecular formula is C8H18IP. The van der Waals surface area contributed by atoms with Crippen LogP contribution >= 0.6 is 27.6 Å². The van der Waals surface area contributed by atoms with Crippen LogP contribution in [0.5, 0.6) is 0 Å². The van der Waals surface area contributed by atoms with Gasteiger partial charge in [-0.15, -0.1) is 0 Å². The second kappa shape index (κ2) is 8.26. The average Bonchev–Trinajstić information content (AvgIpc) is 1.87. The lowest BCUT2D eigenvalue weighted by molar-refractivity contribution is 0.659. The van der Waals surface area contributed by atoms with Gasteiger partial charge < -0.3 is 0 Å². The topological polar surface area (TPSA) is 0 Å². The third-order valence-electron chi connectivity index (χ3n) is 1.57. The Morgan fingerprint density at radius 2 is 1.70 bits per heavy atom. The molecule has 1 unspecified atom stereocenters. The van der Waals surface area contributed by atoms with Crippen molar-refractivity contribution < 1.29 is 0 Å². The SMILES string of the molecule is CCCCCCCP(C)I. The maximum atomic E-state index is 2.57. The van der Waals surface area contributed by atoms with Crippen LogP contribution < -0.4 is 0 Å². The minimum Gasteiger partial charge on any atom is -0.0654 e. The van der Waals surface area contributed by atoms with Crippen molar-refractivity contribution in [3.05, 3.63) is 0 Å². The molecule has 0 aromatic heterocycles. The summed E-state index contributed by atoms with van der Waals surface area (Å²) in [6.07, 6.45) is 8.65. The third-order valence-corrected chi connectivity index (χ3v) is 3.95. The molecule has 2 heteroatoms. The fourth-order valence-corrected chi connectivity index (χ4v) is 2.62. The molecule has 0 aliphatic heterocycles. The van der Waals surface area contributed by atoms with Crippen LogP contribution in [0.2, 0.25) is 0 Å². The minimum atomic E-state index is 0.349. The van der Waals surface area contributed by atoms with E-state index in [1.807, 2.05) is 0 Å².